The van der Waals surface area contributed by atoms with Crippen molar-refractivity contribution in [2.75, 3.05) is 37.7 Å². The fourth-order valence-electron chi connectivity index (χ4n) is 3.72. The molecule has 1 atom stereocenters. The zero-order chi connectivity index (χ0) is 22.7. The van der Waals surface area contributed by atoms with Crippen LogP contribution in [0.5, 0.6) is 0 Å². The molecule has 1 aromatic carbocycles. The fraction of sp³-hybridized carbons (Fsp3) is 0.261. The highest BCUT2D eigenvalue weighted by Crippen LogP contribution is 2.21. The monoisotopic (exact) mass is 431 g/mol. The van der Waals surface area contributed by atoms with Crippen molar-refractivity contribution in [3.05, 3.63) is 66.2 Å². The number of nitrogen functional groups attached to an aromatic ring is 1. The minimum atomic E-state index is -0.472. The lowest BCUT2D eigenvalue weighted by molar-refractivity contribution is 0.0533. The molecule has 9 heteroatoms. The third-order valence-electron chi connectivity index (χ3n) is 5.45. The van der Waals surface area contributed by atoms with Gasteiger partial charge in [-0.1, -0.05) is 12.1 Å². The van der Waals surface area contributed by atoms with Crippen molar-refractivity contribution in [3.63, 3.8) is 0 Å². The summed E-state index contributed by atoms with van der Waals surface area (Å²) in [4.78, 5) is 42.2. The molecule has 4 rings (SSSR count). The Balaban J connectivity index is 1.52. The number of amides is 2. The Morgan fingerprint density at radius 2 is 1.91 bits per heavy atom. The van der Waals surface area contributed by atoms with E-state index in [4.69, 9.17) is 5.73 Å². The van der Waals surface area contributed by atoms with Crippen LogP contribution in [0, 0.1) is 0 Å². The van der Waals surface area contributed by atoms with Crippen molar-refractivity contribution < 1.29 is 9.59 Å². The third kappa shape index (κ3) is 4.57. The van der Waals surface area contributed by atoms with Crippen LogP contribution < -0.4 is 11.1 Å². The summed E-state index contributed by atoms with van der Waals surface area (Å²) in [5.41, 5.74) is 8.28. The zero-order valence-electron chi connectivity index (χ0n) is 18.0. The Labute approximate surface area is 186 Å². The molecule has 2 aromatic heterocycles. The molecule has 3 aromatic rings. The molecule has 0 bridgehead atoms. The van der Waals surface area contributed by atoms with E-state index in [9.17, 15) is 9.59 Å². The van der Waals surface area contributed by atoms with E-state index in [-0.39, 0.29) is 23.5 Å². The Morgan fingerprint density at radius 3 is 2.59 bits per heavy atom. The highest BCUT2D eigenvalue weighted by Gasteiger charge is 2.26. The summed E-state index contributed by atoms with van der Waals surface area (Å²) in [6, 6.07) is 10.7. The molecule has 0 spiro atoms. The first-order chi connectivity index (χ1) is 15.4. The molecule has 3 heterocycles. The molecule has 1 aliphatic rings. The number of hydrogen-bond donors (Lipinski definition) is 2. The Kier molecular flexibility index (Phi) is 6.09. The van der Waals surface area contributed by atoms with Gasteiger partial charge in [0.15, 0.2) is 11.5 Å². The molecule has 9 nitrogen and oxygen atoms in total. The highest BCUT2D eigenvalue weighted by molar-refractivity contribution is 6.05. The minimum Gasteiger partial charge on any atom is -0.382 e. The molecule has 2 amide bonds. The quantitative estimate of drug-likeness (QED) is 0.650. The number of hydrogen-bond acceptors (Lipinski definition) is 7. The van der Waals surface area contributed by atoms with Gasteiger partial charge in [-0.15, -0.1) is 0 Å². The number of nitrogens with two attached hydrogens (primary N) is 1. The van der Waals surface area contributed by atoms with E-state index in [1.165, 1.54) is 12.4 Å². The topological polar surface area (TPSA) is 117 Å². The lowest BCUT2D eigenvalue weighted by Gasteiger charge is -2.38. The number of rotatable bonds is 4. The van der Waals surface area contributed by atoms with E-state index in [0.717, 1.165) is 18.7 Å². The van der Waals surface area contributed by atoms with Crippen LogP contribution in [-0.2, 0) is 0 Å². The summed E-state index contributed by atoms with van der Waals surface area (Å²) in [5, 5.41) is 2.71. The molecule has 164 valence electrons. The van der Waals surface area contributed by atoms with E-state index >= 15 is 0 Å². The third-order valence-corrected chi connectivity index (χ3v) is 5.45. The molecule has 1 aliphatic heterocycles. The summed E-state index contributed by atoms with van der Waals surface area (Å²) in [7, 11) is 2.06. The van der Waals surface area contributed by atoms with Gasteiger partial charge in [-0.05, 0) is 38.2 Å². The van der Waals surface area contributed by atoms with Gasteiger partial charge in [-0.3, -0.25) is 14.6 Å². The van der Waals surface area contributed by atoms with Gasteiger partial charge in [0, 0.05) is 43.0 Å². The van der Waals surface area contributed by atoms with Gasteiger partial charge in [-0.2, -0.15) is 0 Å². The predicted octanol–water partition coefficient (Wildman–Crippen LogP) is 2.15. The SMILES string of the molecule is CC1CN(C)CCN1C(=O)c1ccc(-c2cnc(N)c(C(=O)Nc3cccnc3)n2)cc1. The molecular weight excluding hydrogens is 406 g/mol. The summed E-state index contributed by atoms with van der Waals surface area (Å²) in [5.74, 6) is -0.427. The summed E-state index contributed by atoms with van der Waals surface area (Å²) < 4.78 is 0. The number of likely N-dealkylation sites (N-methyl/N-ethyl adjacent to an activating group) is 1. The van der Waals surface area contributed by atoms with E-state index in [1.54, 1.807) is 42.6 Å². The number of nitrogens with zero attached hydrogens (tertiary/aromatic N) is 5. The second-order valence-corrected chi connectivity index (χ2v) is 7.87. The van der Waals surface area contributed by atoms with E-state index in [2.05, 4.69) is 39.1 Å². The molecule has 0 radical (unpaired) electrons. The summed E-state index contributed by atoms with van der Waals surface area (Å²) in [6.07, 6.45) is 4.65. The maximum atomic E-state index is 12.9. The number of carbonyl (C=O) groups excluding carboxylic acids is 2. The Hall–Kier alpha value is -3.85. The van der Waals surface area contributed by atoms with Crippen LogP contribution in [0.2, 0.25) is 0 Å². The molecule has 0 saturated carbocycles. The van der Waals surface area contributed by atoms with Crippen LogP contribution in [0.15, 0.2) is 55.0 Å². The van der Waals surface area contributed by atoms with Gasteiger partial charge in [0.2, 0.25) is 0 Å². The number of piperazine rings is 1. The van der Waals surface area contributed by atoms with Crippen molar-refractivity contribution in [3.8, 4) is 11.3 Å². The average Bonchev–Trinajstić information content (AvgIpc) is 2.80. The molecule has 3 N–H and O–H groups in total. The first-order valence-corrected chi connectivity index (χ1v) is 10.4. The van der Waals surface area contributed by atoms with Gasteiger partial charge < -0.3 is 20.9 Å². The van der Waals surface area contributed by atoms with Gasteiger partial charge in [-0.25, -0.2) is 9.97 Å². The number of anilines is 2. The number of nitrogens with one attached hydrogen (secondary N) is 1. The predicted molar refractivity (Wildman–Crippen MR) is 122 cm³/mol. The van der Waals surface area contributed by atoms with Crippen LogP contribution in [0.1, 0.15) is 27.8 Å². The lowest BCUT2D eigenvalue weighted by Crippen LogP contribution is -2.52. The summed E-state index contributed by atoms with van der Waals surface area (Å²) in [6.45, 7) is 4.48. The number of benzene rings is 1. The van der Waals surface area contributed by atoms with Crippen molar-refractivity contribution >= 4 is 23.3 Å². The average molecular weight is 432 g/mol. The molecule has 1 saturated heterocycles. The molecule has 0 aliphatic carbocycles. The second kappa shape index (κ2) is 9.11. The smallest absolute Gasteiger partial charge is 0.278 e. The van der Waals surface area contributed by atoms with E-state index in [0.29, 0.717) is 23.5 Å². The van der Waals surface area contributed by atoms with Crippen molar-refractivity contribution in [1.29, 1.82) is 0 Å². The van der Waals surface area contributed by atoms with E-state index < -0.39 is 5.91 Å². The maximum absolute atomic E-state index is 12.9. The lowest BCUT2D eigenvalue weighted by atomic mass is 10.1. The van der Waals surface area contributed by atoms with Crippen LogP contribution in [0.4, 0.5) is 11.5 Å². The van der Waals surface area contributed by atoms with Gasteiger partial charge in [0.25, 0.3) is 11.8 Å². The fourth-order valence-corrected chi connectivity index (χ4v) is 3.72. The van der Waals surface area contributed by atoms with Crippen LogP contribution in [0.3, 0.4) is 0 Å². The van der Waals surface area contributed by atoms with Gasteiger partial charge in [0.1, 0.15) is 0 Å². The Morgan fingerprint density at radius 1 is 1.12 bits per heavy atom. The van der Waals surface area contributed by atoms with Crippen LogP contribution in [0.25, 0.3) is 11.3 Å². The number of aromatic nitrogens is 3. The first-order valence-electron chi connectivity index (χ1n) is 10.4. The first kappa shape index (κ1) is 21.4. The van der Waals surface area contributed by atoms with Crippen LogP contribution >= 0.6 is 0 Å². The van der Waals surface area contributed by atoms with Crippen molar-refractivity contribution in [1.82, 2.24) is 24.8 Å². The van der Waals surface area contributed by atoms with Gasteiger partial charge >= 0.3 is 0 Å². The number of carbonyl (C=O) groups is 2. The standard InChI is InChI=1S/C23H25N7O2/c1-15-14-29(2)10-11-30(15)23(32)17-7-5-16(6-8-17)19-13-26-21(24)20(28-19)22(31)27-18-4-3-9-25-12-18/h3-9,12-13,15H,10-11,14H2,1-2H3,(H2,24,26)(H,27,31). The van der Waals surface area contributed by atoms with Crippen LogP contribution in [-0.4, -0.2) is 69.3 Å². The summed E-state index contributed by atoms with van der Waals surface area (Å²) >= 11 is 0. The molecule has 1 unspecified atom stereocenters. The largest absolute Gasteiger partial charge is 0.382 e. The number of pyridine rings is 1. The van der Waals surface area contributed by atoms with E-state index in [1.807, 2.05) is 4.90 Å². The highest BCUT2D eigenvalue weighted by atomic mass is 16.2. The minimum absolute atomic E-state index is 0.0112. The molecular formula is C23H25N7O2. The maximum Gasteiger partial charge on any atom is 0.278 e. The Bertz CT molecular complexity index is 1120. The zero-order valence-corrected chi connectivity index (χ0v) is 18.0. The van der Waals surface area contributed by atoms with Crippen molar-refractivity contribution in [2.45, 2.75) is 13.0 Å². The van der Waals surface area contributed by atoms with Crippen molar-refractivity contribution in [2.24, 2.45) is 0 Å². The second-order valence-electron chi connectivity index (χ2n) is 7.87. The molecule has 32 heavy (non-hydrogen) atoms. The normalized spacial score (nSPS) is 16.6. The van der Waals surface area contributed by atoms with Gasteiger partial charge in [0.05, 0.1) is 23.8 Å². The molecule has 1 fully saturated rings.